The summed E-state index contributed by atoms with van der Waals surface area (Å²) in [5.41, 5.74) is 5.26. The first-order chi connectivity index (χ1) is 9.45. The summed E-state index contributed by atoms with van der Waals surface area (Å²) in [6.07, 6.45) is 1.03. The Bertz CT molecular complexity index is 366. The van der Waals surface area contributed by atoms with Crippen LogP contribution in [0.4, 0.5) is 0 Å². The number of esters is 1. The average molecular weight is 286 g/mol. The molecule has 0 spiro atoms. The van der Waals surface area contributed by atoms with Crippen LogP contribution in [0.5, 0.6) is 0 Å². The summed E-state index contributed by atoms with van der Waals surface area (Å²) in [4.78, 5) is 34.8. The van der Waals surface area contributed by atoms with Crippen LogP contribution < -0.4 is 11.1 Å². The Labute approximate surface area is 118 Å². The molecule has 0 aromatic rings. The molecular weight excluding hydrogens is 264 g/mol. The molecule has 0 radical (unpaired) electrons. The Morgan fingerprint density at radius 1 is 1.45 bits per heavy atom. The molecule has 0 aliphatic carbocycles. The van der Waals surface area contributed by atoms with E-state index in [0.29, 0.717) is 13.0 Å². The minimum Gasteiger partial charge on any atom is -0.466 e. The van der Waals surface area contributed by atoms with Gasteiger partial charge in [0, 0.05) is 6.61 Å². The number of carbonyl (C=O) groups is 3. The van der Waals surface area contributed by atoms with Gasteiger partial charge in [0.25, 0.3) is 0 Å². The van der Waals surface area contributed by atoms with E-state index in [1.165, 1.54) is 0 Å². The maximum absolute atomic E-state index is 11.9. The zero-order valence-corrected chi connectivity index (χ0v) is 11.9. The van der Waals surface area contributed by atoms with Crippen LogP contribution in [0.15, 0.2) is 0 Å². The second-order valence-electron chi connectivity index (χ2n) is 4.85. The quantitative estimate of drug-likeness (QED) is 0.626. The largest absolute Gasteiger partial charge is 0.466 e. The van der Waals surface area contributed by atoms with E-state index < -0.39 is 29.9 Å². The SMILES string of the molecule is CCOC(=O)[C@@H](C)C[C@H](NC(=O)[C@H]1CCCO1)C(N)=O. The second kappa shape index (κ2) is 7.84. The molecule has 114 valence electrons. The van der Waals surface area contributed by atoms with Crippen LogP contribution in [-0.2, 0) is 23.9 Å². The van der Waals surface area contributed by atoms with Crippen LogP contribution in [0.3, 0.4) is 0 Å². The molecule has 1 aliphatic heterocycles. The molecule has 0 bridgehead atoms. The maximum atomic E-state index is 11.9. The number of nitrogens with one attached hydrogen (secondary N) is 1. The monoisotopic (exact) mass is 286 g/mol. The first kappa shape index (κ1) is 16.4. The molecule has 1 rings (SSSR count). The zero-order chi connectivity index (χ0) is 15.1. The van der Waals surface area contributed by atoms with Crippen molar-refractivity contribution in [2.45, 2.75) is 45.3 Å². The van der Waals surface area contributed by atoms with E-state index in [1.54, 1.807) is 13.8 Å². The van der Waals surface area contributed by atoms with E-state index in [1.807, 2.05) is 0 Å². The van der Waals surface area contributed by atoms with Crippen LogP contribution in [0.25, 0.3) is 0 Å². The highest BCUT2D eigenvalue weighted by Crippen LogP contribution is 2.13. The molecular formula is C13H22N2O5. The summed E-state index contributed by atoms with van der Waals surface area (Å²) < 4.78 is 10.1. The number of hydrogen-bond acceptors (Lipinski definition) is 5. The van der Waals surface area contributed by atoms with Crippen molar-refractivity contribution in [1.82, 2.24) is 5.32 Å². The highest BCUT2D eigenvalue weighted by molar-refractivity contribution is 5.89. The van der Waals surface area contributed by atoms with Crippen LogP contribution in [0.2, 0.25) is 0 Å². The fourth-order valence-electron chi connectivity index (χ4n) is 2.03. The minimum atomic E-state index is -0.897. The molecule has 20 heavy (non-hydrogen) atoms. The van der Waals surface area contributed by atoms with Crippen molar-refractivity contribution in [2.24, 2.45) is 11.7 Å². The van der Waals surface area contributed by atoms with Gasteiger partial charge >= 0.3 is 5.97 Å². The molecule has 1 saturated heterocycles. The van der Waals surface area contributed by atoms with Crippen molar-refractivity contribution in [1.29, 1.82) is 0 Å². The number of carbonyl (C=O) groups excluding carboxylic acids is 3. The van der Waals surface area contributed by atoms with Crippen molar-refractivity contribution >= 4 is 17.8 Å². The lowest BCUT2D eigenvalue weighted by atomic mass is 10.0. The van der Waals surface area contributed by atoms with Crippen molar-refractivity contribution in [3.63, 3.8) is 0 Å². The van der Waals surface area contributed by atoms with Gasteiger partial charge in [-0.05, 0) is 26.2 Å². The fourth-order valence-corrected chi connectivity index (χ4v) is 2.03. The average Bonchev–Trinajstić information content (AvgIpc) is 2.91. The number of ether oxygens (including phenoxy) is 2. The normalized spacial score (nSPS) is 21.0. The molecule has 7 heteroatoms. The van der Waals surface area contributed by atoms with Gasteiger partial charge in [-0.2, -0.15) is 0 Å². The first-order valence-corrected chi connectivity index (χ1v) is 6.83. The smallest absolute Gasteiger partial charge is 0.308 e. The van der Waals surface area contributed by atoms with Gasteiger partial charge in [0.05, 0.1) is 12.5 Å². The van der Waals surface area contributed by atoms with Gasteiger partial charge < -0.3 is 20.5 Å². The summed E-state index contributed by atoms with van der Waals surface area (Å²) in [6, 6.07) is -0.897. The van der Waals surface area contributed by atoms with E-state index >= 15 is 0 Å². The van der Waals surface area contributed by atoms with Gasteiger partial charge in [0.1, 0.15) is 12.1 Å². The number of primary amides is 1. The third kappa shape index (κ3) is 4.80. The van der Waals surface area contributed by atoms with Gasteiger partial charge in [-0.1, -0.05) is 6.92 Å². The second-order valence-corrected chi connectivity index (χ2v) is 4.85. The van der Waals surface area contributed by atoms with E-state index in [4.69, 9.17) is 15.2 Å². The molecule has 2 amide bonds. The lowest BCUT2D eigenvalue weighted by Crippen LogP contribution is -2.49. The maximum Gasteiger partial charge on any atom is 0.308 e. The first-order valence-electron chi connectivity index (χ1n) is 6.83. The summed E-state index contributed by atoms with van der Waals surface area (Å²) in [6.45, 7) is 4.15. The van der Waals surface area contributed by atoms with Gasteiger partial charge in [-0.3, -0.25) is 14.4 Å². The Balaban J connectivity index is 2.53. The Morgan fingerprint density at radius 2 is 2.15 bits per heavy atom. The lowest BCUT2D eigenvalue weighted by Gasteiger charge is -2.20. The van der Waals surface area contributed by atoms with Gasteiger partial charge in [0.15, 0.2) is 0 Å². The molecule has 0 aromatic heterocycles. The van der Waals surface area contributed by atoms with Crippen LogP contribution in [0.1, 0.15) is 33.1 Å². The van der Waals surface area contributed by atoms with Crippen LogP contribution in [0, 0.1) is 5.92 Å². The number of hydrogen-bond donors (Lipinski definition) is 2. The van der Waals surface area contributed by atoms with Gasteiger partial charge in [-0.25, -0.2) is 0 Å². The Morgan fingerprint density at radius 3 is 2.65 bits per heavy atom. The van der Waals surface area contributed by atoms with E-state index in [-0.39, 0.29) is 18.9 Å². The lowest BCUT2D eigenvalue weighted by molar-refractivity contribution is -0.148. The van der Waals surface area contributed by atoms with Crippen molar-refractivity contribution < 1.29 is 23.9 Å². The van der Waals surface area contributed by atoms with Gasteiger partial charge in [-0.15, -0.1) is 0 Å². The van der Waals surface area contributed by atoms with Crippen molar-refractivity contribution in [3.8, 4) is 0 Å². The van der Waals surface area contributed by atoms with Crippen LogP contribution >= 0.6 is 0 Å². The predicted octanol–water partition coefficient (Wildman–Crippen LogP) is -0.275. The van der Waals surface area contributed by atoms with Gasteiger partial charge in [0.2, 0.25) is 11.8 Å². The van der Waals surface area contributed by atoms with Crippen molar-refractivity contribution in [2.75, 3.05) is 13.2 Å². The summed E-state index contributed by atoms with van der Waals surface area (Å²) in [5, 5.41) is 2.54. The van der Waals surface area contributed by atoms with Crippen LogP contribution in [-0.4, -0.2) is 43.1 Å². The summed E-state index contributed by atoms with van der Waals surface area (Å²) in [5.74, 6) is -1.96. The highest BCUT2D eigenvalue weighted by atomic mass is 16.5. The Kier molecular flexibility index (Phi) is 6.44. The Hall–Kier alpha value is -1.63. The van der Waals surface area contributed by atoms with Crippen molar-refractivity contribution in [3.05, 3.63) is 0 Å². The molecule has 0 unspecified atom stereocenters. The third-order valence-corrected chi connectivity index (χ3v) is 3.16. The predicted molar refractivity (Wildman–Crippen MR) is 70.5 cm³/mol. The fraction of sp³-hybridized carbons (Fsp3) is 0.769. The number of nitrogens with two attached hydrogens (primary N) is 1. The summed E-state index contributed by atoms with van der Waals surface area (Å²) in [7, 11) is 0. The molecule has 3 N–H and O–H groups in total. The minimum absolute atomic E-state index is 0.118. The number of amides is 2. The summed E-state index contributed by atoms with van der Waals surface area (Å²) >= 11 is 0. The standard InChI is InChI=1S/C13H22N2O5/c1-3-19-13(18)8(2)7-9(11(14)16)15-12(17)10-5-4-6-20-10/h8-10H,3-7H2,1-2H3,(H2,14,16)(H,15,17)/t8-,9-,10+/m0/s1. The molecule has 1 aliphatic rings. The molecule has 7 nitrogen and oxygen atoms in total. The number of rotatable bonds is 7. The molecule has 1 fully saturated rings. The third-order valence-electron chi connectivity index (χ3n) is 3.16. The van der Waals surface area contributed by atoms with E-state index in [2.05, 4.69) is 5.32 Å². The molecule has 1 heterocycles. The topological polar surface area (TPSA) is 108 Å². The van der Waals surface area contributed by atoms with E-state index in [0.717, 1.165) is 6.42 Å². The van der Waals surface area contributed by atoms with E-state index in [9.17, 15) is 14.4 Å². The molecule has 0 aromatic carbocycles. The molecule has 3 atom stereocenters. The highest BCUT2D eigenvalue weighted by Gasteiger charge is 2.29. The molecule has 0 saturated carbocycles. The zero-order valence-electron chi connectivity index (χ0n) is 11.9.